The summed E-state index contributed by atoms with van der Waals surface area (Å²) in [7, 11) is 0. The van der Waals surface area contributed by atoms with Gasteiger partial charge >= 0.3 is 0 Å². The number of amides is 2. The van der Waals surface area contributed by atoms with Gasteiger partial charge < -0.3 is 10.6 Å². The van der Waals surface area contributed by atoms with Gasteiger partial charge in [-0.1, -0.05) is 23.4 Å². The molecule has 2 amide bonds. The monoisotopic (exact) mass is 347 g/mol. The third-order valence-corrected chi connectivity index (χ3v) is 3.98. The summed E-state index contributed by atoms with van der Waals surface area (Å²) in [6.45, 7) is 1.40. The average molecular weight is 347 g/mol. The zero-order valence-electron chi connectivity index (χ0n) is 13.4. The van der Waals surface area contributed by atoms with Crippen LogP contribution in [0.1, 0.15) is 17.8 Å². The van der Waals surface area contributed by atoms with Gasteiger partial charge in [-0.2, -0.15) is 5.21 Å². The van der Waals surface area contributed by atoms with Crippen molar-refractivity contribution in [1.29, 1.82) is 0 Å². The molecule has 3 N–H and O–H groups in total. The normalized spacial score (nSPS) is 18.0. The fourth-order valence-electron chi connectivity index (χ4n) is 2.70. The summed E-state index contributed by atoms with van der Waals surface area (Å²) in [4.78, 5) is 26.1. The molecule has 0 radical (unpaired) electrons. The van der Waals surface area contributed by atoms with Gasteiger partial charge in [-0.25, -0.2) is 4.39 Å². The van der Waals surface area contributed by atoms with Gasteiger partial charge in [0.05, 0.1) is 19.0 Å². The molecular weight excluding hydrogens is 329 g/mol. The first-order valence-corrected chi connectivity index (χ1v) is 7.87. The summed E-state index contributed by atoms with van der Waals surface area (Å²) in [6, 6.07) is 5.76. The van der Waals surface area contributed by atoms with Crippen molar-refractivity contribution in [3.63, 3.8) is 0 Å². The first-order valence-electron chi connectivity index (χ1n) is 7.87. The summed E-state index contributed by atoms with van der Waals surface area (Å²) in [6.07, 6.45) is -0.0296. The molecule has 1 atom stereocenters. The number of nitrogens with zero attached hydrogens (tertiary/aromatic N) is 4. The lowest BCUT2D eigenvalue weighted by Crippen LogP contribution is -2.56. The minimum Gasteiger partial charge on any atom is -0.353 e. The van der Waals surface area contributed by atoms with E-state index in [0.717, 1.165) is 0 Å². The fraction of sp³-hybridized carbons (Fsp3) is 0.400. The highest BCUT2D eigenvalue weighted by molar-refractivity contribution is 5.88. The second-order valence-corrected chi connectivity index (χ2v) is 5.68. The van der Waals surface area contributed by atoms with Crippen LogP contribution in [-0.2, 0) is 22.7 Å². The molecule has 1 aliphatic heterocycles. The van der Waals surface area contributed by atoms with Crippen molar-refractivity contribution in [3.8, 4) is 0 Å². The Hall–Kier alpha value is -2.88. The number of halogens is 1. The molecule has 1 aliphatic rings. The van der Waals surface area contributed by atoms with Crippen molar-refractivity contribution >= 4 is 11.8 Å². The highest BCUT2D eigenvalue weighted by atomic mass is 19.1. The van der Waals surface area contributed by atoms with E-state index in [2.05, 4.69) is 31.3 Å². The third kappa shape index (κ3) is 4.35. The maximum atomic E-state index is 13.9. The number of hydrogen-bond acceptors (Lipinski definition) is 6. The number of carbonyl (C=O) groups is 2. The van der Waals surface area contributed by atoms with Crippen LogP contribution in [-0.4, -0.2) is 56.5 Å². The molecule has 0 spiro atoms. The standard InChI is InChI=1S/C15H18FN7O2/c16-11-4-2-1-3-10(11)9-23-6-5-17-15(25)12(23)7-14(24)18-8-13-19-21-22-20-13/h1-4,12H,5-9H2,(H,17,25)(H,18,24)(H,19,20,21,22)/t12-/m1/s1. The number of tetrazole rings is 1. The molecule has 25 heavy (non-hydrogen) atoms. The number of benzene rings is 1. The third-order valence-electron chi connectivity index (χ3n) is 3.98. The number of H-pyrrole nitrogens is 1. The molecule has 0 unspecified atom stereocenters. The molecular formula is C15H18FN7O2. The Labute approximate surface area is 143 Å². The maximum Gasteiger partial charge on any atom is 0.237 e. The van der Waals surface area contributed by atoms with Crippen molar-refractivity contribution in [1.82, 2.24) is 36.2 Å². The van der Waals surface area contributed by atoms with Crippen molar-refractivity contribution in [2.24, 2.45) is 0 Å². The van der Waals surface area contributed by atoms with Crippen LogP contribution in [0.2, 0.25) is 0 Å². The van der Waals surface area contributed by atoms with Crippen molar-refractivity contribution in [2.75, 3.05) is 13.1 Å². The number of rotatable bonds is 6. The van der Waals surface area contributed by atoms with Crippen molar-refractivity contribution in [2.45, 2.75) is 25.6 Å². The highest BCUT2D eigenvalue weighted by Crippen LogP contribution is 2.16. The number of aromatic amines is 1. The molecule has 2 aromatic rings. The van der Waals surface area contributed by atoms with E-state index >= 15 is 0 Å². The second kappa shape index (κ2) is 7.79. The van der Waals surface area contributed by atoms with E-state index in [-0.39, 0.29) is 37.1 Å². The Bertz CT molecular complexity index is 737. The zero-order valence-corrected chi connectivity index (χ0v) is 13.4. The summed E-state index contributed by atoms with van der Waals surface area (Å²) >= 11 is 0. The topological polar surface area (TPSA) is 116 Å². The van der Waals surface area contributed by atoms with E-state index in [1.54, 1.807) is 18.2 Å². The highest BCUT2D eigenvalue weighted by Gasteiger charge is 2.31. The summed E-state index contributed by atoms with van der Waals surface area (Å²) in [5.41, 5.74) is 0.495. The van der Waals surface area contributed by atoms with Crippen molar-refractivity contribution in [3.05, 3.63) is 41.5 Å². The Kier molecular flexibility index (Phi) is 5.29. The van der Waals surface area contributed by atoms with Crippen LogP contribution in [0.25, 0.3) is 0 Å². The SMILES string of the molecule is O=C(C[C@@H]1C(=O)NCCN1Cc1ccccc1F)NCc1nn[nH]n1. The number of aromatic nitrogens is 4. The predicted molar refractivity (Wildman–Crippen MR) is 84.2 cm³/mol. The quantitative estimate of drug-likeness (QED) is 0.639. The largest absolute Gasteiger partial charge is 0.353 e. The van der Waals surface area contributed by atoms with E-state index in [0.29, 0.717) is 24.5 Å². The average Bonchev–Trinajstić information content (AvgIpc) is 3.12. The van der Waals surface area contributed by atoms with Gasteiger partial charge in [0.2, 0.25) is 11.8 Å². The molecule has 2 heterocycles. The number of hydrogen-bond donors (Lipinski definition) is 3. The van der Waals surface area contributed by atoms with Gasteiger partial charge in [-0.15, -0.1) is 10.2 Å². The van der Waals surface area contributed by atoms with Crippen LogP contribution in [0.5, 0.6) is 0 Å². The Balaban J connectivity index is 1.62. The molecule has 0 saturated carbocycles. The number of carbonyl (C=O) groups excluding carboxylic acids is 2. The summed E-state index contributed by atoms with van der Waals surface area (Å²) in [5.74, 6) is -0.527. The number of piperazine rings is 1. The molecule has 1 fully saturated rings. The predicted octanol–water partition coefficient (Wildman–Crippen LogP) is -0.654. The van der Waals surface area contributed by atoms with Crippen LogP contribution < -0.4 is 10.6 Å². The Morgan fingerprint density at radius 2 is 2.24 bits per heavy atom. The summed E-state index contributed by atoms with van der Waals surface area (Å²) in [5, 5.41) is 18.6. The molecule has 1 aromatic carbocycles. The van der Waals surface area contributed by atoms with Crippen LogP contribution in [0.4, 0.5) is 4.39 Å². The fourth-order valence-corrected chi connectivity index (χ4v) is 2.70. The molecule has 1 saturated heterocycles. The van der Waals surface area contributed by atoms with Crippen LogP contribution in [0.15, 0.2) is 24.3 Å². The first-order chi connectivity index (χ1) is 12.1. The molecule has 3 rings (SSSR count). The lowest BCUT2D eigenvalue weighted by molar-refractivity contribution is -0.134. The van der Waals surface area contributed by atoms with Gasteiger partial charge in [0.1, 0.15) is 5.82 Å². The molecule has 132 valence electrons. The van der Waals surface area contributed by atoms with Crippen LogP contribution in [0.3, 0.4) is 0 Å². The van der Waals surface area contributed by atoms with E-state index in [9.17, 15) is 14.0 Å². The lowest BCUT2D eigenvalue weighted by Gasteiger charge is -2.34. The van der Waals surface area contributed by atoms with E-state index in [1.165, 1.54) is 6.07 Å². The number of nitrogens with one attached hydrogen (secondary N) is 3. The van der Waals surface area contributed by atoms with Crippen LogP contribution >= 0.6 is 0 Å². The van der Waals surface area contributed by atoms with E-state index in [4.69, 9.17) is 0 Å². The maximum absolute atomic E-state index is 13.9. The molecule has 9 nitrogen and oxygen atoms in total. The van der Waals surface area contributed by atoms with E-state index < -0.39 is 6.04 Å². The lowest BCUT2D eigenvalue weighted by atomic mass is 10.1. The summed E-state index contributed by atoms with van der Waals surface area (Å²) < 4.78 is 13.9. The minimum absolute atomic E-state index is 0.0296. The van der Waals surface area contributed by atoms with Gasteiger partial charge in [0.15, 0.2) is 5.82 Å². The van der Waals surface area contributed by atoms with Gasteiger partial charge in [-0.05, 0) is 6.07 Å². The molecule has 10 heteroatoms. The Morgan fingerprint density at radius 3 is 3.00 bits per heavy atom. The molecule has 1 aromatic heterocycles. The Morgan fingerprint density at radius 1 is 1.40 bits per heavy atom. The first kappa shape index (κ1) is 17.0. The smallest absolute Gasteiger partial charge is 0.237 e. The van der Waals surface area contributed by atoms with Gasteiger partial charge in [0, 0.05) is 25.2 Å². The van der Waals surface area contributed by atoms with Gasteiger partial charge in [0.25, 0.3) is 0 Å². The van der Waals surface area contributed by atoms with Gasteiger partial charge in [-0.3, -0.25) is 14.5 Å². The molecule has 0 bridgehead atoms. The second-order valence-electron chi connectivity index (χ2n) is 5.68. The van der Waals surface area contributed by atoms with E-state index in [1.807, 2.05) is 4.90 Å². The minimum atomic E-state index is -0.654. The van der Waals surface area contributed by atoms with Crippen molar-refractivity contribution < 1.29 is 14.0 Å². The van der Waals surface area contributed by atoms with Crippen LogP contribution in [0, 0.1) is 5.82 Å². The molecule has 0 aliphatic carbocycles. The zero-order chi connectivity index (χ0) is 17.6.